The highest BCUT2D eigenvalue weighted by Gasteiger charge is 2.27. The van der Waals surface area contributed by atoms with E-state index >= 15 is 0 Å². The fourth-order valence-electron chi connectivity index (χ4n) is 2.69. The Morgan fingerprint density at radius 2 is 2.05 bits per heavy atom. The summed E-state index contributed by atoms with van der Waals surface area (Å²) in [7, 11) is -3.41. The fourth-order valence-corrected chi connectivity index (χ4v) is 5.30. The summed E-state index contributed by atoms with van der Waals surface area (Å²) in [5, 5.41) is 0. The van der Waals surface area contributed by atoms with Gasteiger partial charge in [-0.2, -0.15) is 0 Å². The van der Waals surface area contributed by atoms with Gasteiger partial charge in [0.25, 0.3) is 0 Å². The maximum atomic E-state index is 12.3. The molecule has 0 amide bonds. The third-order valence-electron chi connectivity index (χ3n) is 3.76. The van der Waals surface area contributed by atoms with Crippen LogP contribution in [0.25, 0.3) is 0 Å². The van der Waals surface area contributed by atoms with Crippen molar-refractivity contribution in [1.82, 2.24) is 4.72 Å². The first-order valence-corrected chi connectivity index (χ1v) is 9.12. The lowest BCUT2D eigenvalue weighted by molar-refractivity contribution is 0.294. The molecule has 108 valence electrons. The predicted octanol–water partition coefficient (Wildman–Crippen LogP) is 2.24. The summed E-state index contributed by atoms with van der Waals surface area (Å²) in [6, 6.07) is 3.36. The average Bonchev–Trinajstić information content (AvgIpc) is 2.85. The Morgan fingerprint density at radius 1 is 1.37 bits per heavy atom. The minimum Gasteiger partial charge on any atom is -0.329 e. The van der Waals surface area contributed by atoms with Gasteiger partial charge in [-0.3, -0.25) is 0 Å². The summed E-state index contributed by atoms with van der Waals surface area (Å²) >= 11 is 1.30. The molecule has 0 spiro atoms. The van der Waals surface area contributed by atoms with Crippen LogP contribution >= 0.6 is 11.3 Å². The molecule has 1 aliphatic carbocycles. The largest absolute Gasteiger partial charge is 0.329 e. The Bertz CT molecular complexity index is 504. The zero-order valence-electron chi connectivity index (χ0n) is 11.3. The van der Waals surface area contributed by atoms with Gasteiger partial charge in [0.1, 0.15) is 4.21 Å². The maximum Gasteiger partial charge on any atom is 0.250 e. The van der Waals surface area contributed by atoms with E-state index in [9.17, 15) is 8.42 Å². The predicted molar refractivity (Wildman–Crippen MR) is 78.8 cm³/mol. The van der Waals surface area contributed by atoms with Crippen LogP contribution in [-0.4, -0.2) is 21.0 Å². The molecule has 19 heavy (non-hydrogen) atoms. The van der Waals surface area contributed by atoms with Crippen LogP contribution in [0.15, 0.2) is 16.3 Å². The molecule has 1 unspecified atom stereocenters. The zero-order chi connectivity index (χ0) is 13.9. The van der Waals surface area contributed by atoms with Gasteiger partial charge >= 0.3 is 0 Å². The van der Waals surface area contributed by atoms with E-state index in [0.717, 1.165) is 17.7 Å². The lowest BCUT2D eigenvalue weighted by atomic mass is 9.84. The average molecular weight is 302 g/mol. The minimum atomic E-state index is -3.41. The van der Waals surface area contributed by atoms with E-state index in [1.807, 2.05) is 13.0 Å². The second-order valence-corrected chi connectivity index (χ2v) is 8.46. The molecule has 1 saturated carbocycles. The van der Waals surface area contributed by atoms with Crippen molar-refractivity contribution in [2.24, 2.45) is 11.7 Å². The second-order valence-electron chi connectivity index (χ2n) is 5.23. The number of sulfonamides is 1. The number of hydrogen-bond acceptors (Lipinski definition) is 4. The van der Waals surface area contributed by atoms with Gasteiger partial charge < -0.3 is 5.73 Å². The van der Waals surface area contributed by atoms with E-state index in [1.54, 1.807) is 6.07 Å². The van der Waals surface area contributed by atoms with Crippen LogP contribution in [0.4, 0.5) is 0 Å². The van der Waals surface area contributed by atoms with Gasteiger partial charge in [-0.1, -0.05) is 19.3 Å². The van der Waals surface area contributed by atoms with Crippen LogP contribution in [-0.2, 0) is 10.0 Å². The highest BCUT2D eigenvalue weighted by atomic mass is 32.2. The van der Waals surface area contributed by atoms with Crippen LogP contribution < -0.4 is 10.5 Å². The molecule has 2 rings (SSSR count). The number of rotatable bonds is 5. The number of nitrogens with one attached hydrogen (secondary N) is 1. The molecule has 1 aromatic rings. The van der Waals surface area contributed by atoms with Gasteiger partial charge in [-0.05, 0) is 37.8 Å². The summed E-state index contributed by atoms with van der Waals surface area (Å²) in [5.41, 5.74) is 5.77. The van der Waals surface area contributed by atoms with Crippen molar-refractivity contribution in [2.75, 3.05) is 6.54 Å². The molecule has 0 aliphatic heterocycles. The molecular formula is C13H22N2O2S2. The summed E-state index contributed by atoms with van der Waals surface area (Å²) in [4.78, 5) is 1.00. The first-order valence-electron chi connectivity index (χ1n) is 6.82. The van der Waals surface area contributed by atoms with Crippen molar-refractivity contribution in [1.29, 1.82) is 0 Å². The normalized spacial score (nSPS) is 19.5. The maximum absolute atomic E-state index is 12.3. The van der Waals surface area contributed by atoms with E-state index in [0.29, 0.717) is 16.7 Å². The van der Waals surface area contributed by atoms with Gasteiger partial charge in [0.15, 0.2) is 0 Å². The summed E-state index contributed by atoms with van der Waals surface area (Å²) in [6.45, 7) is 2.28. The summed E-state index contributed by atoms with van der Waals surface area (Å²) in [6.07, 6.45) is 5.77. The number of aryl methyl sites for hydroxylation is 1. The molecular weight excluding hydrogens is 280 g/mol. The van der Waals surface area contributed by atoms with E-state index < -0.39 is 10.0 Å². The third kappa shape index (κ3) is 3.78. The van der Waals surface area contributed by atoms with E-state index in [1.165, 1.54) is 30.6 Å². The van der Waals surface area contributed by atoms with Crippen molar-refractivity contribution in [3.63, 3.8) is 0 Å². The van der Waals surface area contributed by atoms with Crippen molar-refractivity contribution in [3.05, 3.63) is 17.0 Å². The Labute approximate surface area is 119 Å². The highest BCUT2D eigenvalue weighted by molar-refractivity contribution is 7.91. The van der Waals surface area contributed by atoms with Gasteiger partial charge in [-0.25, -0.2) is 13.1 Å². The monoisotopic (exact) mass is 302 g/mol. The first-order chi connectivity index (χ1) is 9.03. The Morgan fingerprint density at radius 3 is 2.58 bits per heavy atom. The Kier molecular flexibility index (Phi) is 5.00. The van der Waals surface area contributed by atoms with Gasteiger partial charge in [0.2, 0.25) is 10.0 Å². The smallest absolute Gasteiger partial charge is 0.250 e. The molecule has 1 heterocycles. The molecule has 1 aliphatic rings. The standard InChI is InChI=1S/C13H22N2O2S2/c1-10-7-8-13(18-10)19(16,17)15-12(9-14)11-5-3-2-4-6-11/h7-8,11-12,15H,2-6,9,14H2,1H3. The molecule has 1 fully saturated rings. The third-order valence-corrected chi connectivity index (χ3v) is 6.74. The lowest BCUT2D eigenvalue weighted by Gasteiger charge is -2.29. The van der Waals surface area contributed by atoms with Crippen molar-refractivity contribution in [3.8, 4) is 0 Å². The molecule has 0 aromatic carbocycles. The Balaban J connectivity index is 2.08. The van der Waals surface area contributed by atoms with Crippen molar-refractivity contribution in [2.45, 2.75) is 49.3 Å². The summed E-state index contributed by atoms with van der Waals surface area (Å²) in [5.74, 6) is 0.384. The van der Waals surface area contributed by atoms with Crippen LogP contribution in [0.5, 0.6) is 0 Å². The SMILES string of the molecule is Cc1ccc(S(=O)(=O)NC(CN)C2CCCCC2)s1. The van der Waals surface area contributed by atoms with Crippen molar-refractivity contribution >= 4 is 21.4 Å². The number of thiophene rings is 1. The zero-order valence-corrected chi connectivity index (χ0v) is 12.9. The lowest BCUT2D eigenvalue weighted by Crippen LogP contribution is -2.45. The molecule has 0 radical (unpaired) electrons. The van der Waals surface area contributed by atoms with E-state index in [-0.39, 0.29) is 6.04 Å². The molecule has 0 saturated heterocycles. The minimum absolute atomic E-state index is 0.132. The van der Waals surface area contributed by atoms with Crippen LogP contribution in [0.1, 0.15) is 37.0 Å². The van der Waals surface area contributed by atoms with Crippen LogP contribution in [0.3, 0.4) is 0 Å². The highest BCUT2D eigenvalue weighted by Crippen LogP contribution is 2.28. The molecule has 1 atom stereocenters. The van der Waals surface area contributed by atoms with E-state index in [2.05, 4.69) is 4.72 Å². The molecule has 1 aromatic heterocycles. The number of nitrogens with two attached hydrogens (primary N) is 1. The van der Waals surface area contributed by atoms with Crippen LogP contribution in [0.2, 0.25) is 0 Å². The van der Waals surface area contributed by atoms with Crippen LogP contribution in [0, 0.1) is 12.8 Å². The Hall–Kier alpha value is -0.430. The topological polar surface area (TPSA) is 72.2 Å². The summed E-state index contributed by atoms with van der Waals surface area (Å²) < 4.78 is 27.8. The molecule has 0 bridgehead atoms. The van der Waals surface area contributed by atoms with Gasteiger partial charge in [-0.15, -0.1) is 11.3 Å². The number of hydrogen-bond donors (Lipinski definition) is 2. The second kappa shape index (κ2) is 6.35. The first kappa shape index (κ1) is 15.0. The molecule has 6 heteroatoms. The molecule has 3 N–H and O–H groups in total. The fraction of sp³-hybridized carbons (Fsp3) is 0.692. The van der Waals surface area contributed by atoms with E-state index in [4.69, 9.17) is 5.73 Å². The van der Waals surface area contributed by atoms with Gasteiger partial charge in [0, 0.05) is 17.5 Å². The van der Waals surface area contributed by atoms with Gasteiger partial charge in [0.05, 0.1) is 0 Å². The van der Waals surface area contributed by atoms with Crippen molar-refractivity contribution < 1.29 is 8.42 Å². The molecule has 4 nitrogen and oxygen atoms in total. The quantitative estimate of drug-likeness (QED) is 0.876.